The van der Waals surface area contributed by atoms with Crippen LogP contribution in [0, 0.1) is 6.92 Å². The first-order valence-corrected chi connectivity index (χ1v) is 7.83. The van der Waals surface area contributed by atoms with E-state index < -0.39 is 0 Å². The topological polar surface area (TPSA) is 29.9 Å². The Morgan fingerprint density at radius 3 is 2.43 bits per heavy atom. The number of rotatable bonds is 6. The van der Waals surface area contributed by atoms with E-state index in [1.807, 2.05) is 11.7 Å². The summed E-state index contributed by atoms with van der Waals surface area (Å²) >= 11 is 0. The molecule has 0 saturated heterocycles. The van der Waals surface area contributed by atoms with Crippen molar-refractivity contribution in [3.63, 3.8) is 0 Å². The zero-order valence-electron chi connectivity index (χ0n) is 13.9. The van der Waals surface area contributed by atoms with Crippen molar-refractivity contribution < 1.29 is 0 Å². The summed E-state index contributed by atoms with van der Waals surface area (Å²) < 4.78 is 1.92. The van der Waals surface area contributed by atoms with E-state index in [4.69, 9.17) is 0 Å². The van der Waals surface area contributed by atoms with E-state index in [1.54, 1.807) is 0 Å². The normalized spacial score (nSPS) is 12.9. The van der Waals surface area contributed by atoms with Crippen molar-refractivity contribution >= 4 is 0 Å². The minimum Gasteiger partial charge on any atom is -0.306 e. The number of benzene rings is 1. The molecule has 0 radical (unpaired) electrons. The maximum Gasteiger partial charge on any atom is 0.0694 e. The SMILES string of the molecule is CCC(NCc1cn(C)nc1C(C)C)c1ccc(C)cc1. The smallest absolute Gasteiger partial charge is 0.0694 e. The summed E-state index contributed by atoms with van der Waals surface area (Å²) in [5.41, 5.74) is 5.17. The molecule has 3 heteroatoms. The van der Waals surface area contributed by atoms with Gasteiger partial charge in [-0.1, -0.05) is 50.6 Å². The van der Waals surface area contributed by atoms with E-state index >= 15 is 0 Å². The Morgan fingerprint density at radius 2 is 1.86 bits per heavy atom. The molecule has 3 nitrogen and oxygen atoms in total. The number of aryl methyl sites for hydroxylation is 2. The Labute approximate surface area is 128 Å². The highest BCUT2D eigenvalue weighted by atomic mass is 15.3. The van der Waals surface area contributed by atoms with Gasteiger partial charge in [0.2, 0.25) is 0 Å². The number of nitrogens with one attached hydrogen (secondary N) is 1. The number of hydrogen-bond donors (Lipinski definition) is 1. The van der Waals surface area contributed by atoms with Crippen LogP contribution < -0.4 is 5.32 Å². The maximum atomic E-state index is 4.57. The molecular formula is C18H27N3. The molecule has 1 heterocycles. The highest BCUT2D eigenvalue weighted by Crippen LogP contribution is 2.21. The van der Waals surface area contributed by atoms with Crippen molar-refractivity contribution in [1.82, 2.24) is 15.1 Å². The van der Waals surface area contributed by atoms with Crippen LogP contribution in [0.15, 0.2) is 30.5 Å². The first-order chi connectivity index (χ1) is 10.0. The molecule has 0 aliphatic heterocycles. The minimum absolute atomic E-state index is 0.394. The van der Waals surface area contributed by atoms with Crippen molar-refractivity contribution in [1.29, 1.82) is 0 Å². The van der Waals surface area contributed by atoms with Crippen molar-refractivity contribution in [2.45, 2.75) is 52.6 Å². The Morgan fingerprint density at radius 1 is 1.19 bits per heavy atom. The van der Waals surface area contributed by atoms with Gasteiger partial charge in [-0.25, -0.2) is 0 Å². The highest BCUT2D eigenvalue weighted by molar-refractivity contribution is 5.25. The fraction of sp³-hybridized carbons (Fsp3) is 0.500. The molecular weight excluding hydrogens is 258 g/mol. The molecule has 2 rings (SSSR count). The van der Waals surface area contributed by atoms with E-state index in [-0.39, 0.29) is 0 Å². The average molecular weight is 285 g/mol. The molecule has 0 aliphatic carbocycles. The summed E-state index contributed by atoms with van der Waals surface area (Å²) in [6, 6.07) is 9.21. The fourth-order valence-electron chi connectivity index (χ4n) is 2.71. The monoisotopic (exact) mass is 285 g/mol. The molecule has 1 aromatic carbocycles. The van der Waals surface area contributed by atoms with Gasteiger partial charge in [0.05, 0.1) is 5.69 Å². The molecule has 0 aliphatic rings. The molecule has 1 unspecified atom stereocenters. The summed E-state index contributed by atoms with van der Waals surface area (Å²) in [7, 11) is 1.99. The van der Waals surface area contributed by atoms with Gasteiger partial charge in [0.15, 0.2) is 0 Å². The lowest BCUT2D eigenvalue weighted by Crippen LogP contribution is -2.20. The Kier molecular flexibility index (Phi) is 5.18. The second-order valence-electron chi connectivity index (χ2n) is 6.12. The third kappa shape index (κ3) is 3.94. The van der Waals surface area contributed by atoms with Crippen LogP contribution >= 0.6 is 0 Å². The summed E-state index contributed by atoms with van der Waals surface area (Å²) in [6.45, 7) is 9.62. The van der Waals surface area contributed by atoms with E-state index in [1.165, 1.54) is 22.4 Å². The van der Waals surface area contributed by atoms with Crippen LogP contribution in [0.3, 0.4) is 0 Å². The molecule has 1 atom stereocenters. The molecule has 2 aromatic rings. The van der Waals surface area contributed by atoms with Crippen LogP contribution in [-0.2, 0) is 13.6 Å². The molecule has 21 heavy (non-hydrogen) atoms. The standard InChI is InChI=1S/C18H27N3/c1-6-17(15-9-7-14(4)8-10-15)19-11-16-12-21(5)20-18(16)13(2)3/h7-10,12-13,17,19H,6,11H2,1-5H3. The van der Waals surface area contributed by atoms with Gasteiger partial charge in [-0.05, 0) is 24.8 Å². The van der Waals surface area contributed by atoms with E-state index in [0.717, 1.165) is 13.0 Å². The Bertz CT molecular complexity index is 567. The van der Waals surface area contributed by atoms with Crippen LogP contribution in [-0.4, -0.2) is 9.78 Å². The van der Waals surface area contributed by atoms with Gasteiger partial charge in [-0.3, -0.25) is 4.68 Å². The molecule has 0 saturated carbocycles. The molecule has 0 fully saturated rings. The molecule has 0 amide bonds. The predicted molar refractivity (Wildman–Crippen MR) is 88.3 cm³/mol. The Hall–Kier alpha value is -1.61. The molecule has 0 spiro atoms. The van der Waals surface area contributed by atoms with Crippen LogP contribution in [0.25, 0.3) is 0 Å². The van der Waals surface area contributed by atoms with Gasteiger partial charge in [-0.15, -0.1) is 0 Å². The lowest BCUT2D eigenvalue weighted by Gasteiger charge is -2.18. The van der Waals surface area contributed by atoms with Gasteiger partial charge in [-0.2, -0.15) is 5.10 Å². The molecule has 114 valence electrons. The van der Waals surface area contributed by atoms with Gasteiger partial charge in [0.1, 0.15) is 0 Å². The molecule has 1 N–H and O–H groups in total. The van der Waals surface area contributed by atoms with Crippen molar-refractivity contribution in [3.05, 3.63) is 52.8 Å². The maximum absolute atomic E-state index is 4.57. The second kappa shape index (κ2) is 6.90. The van der Waals surface area contributed by atoms with Crippen LogP contribution in [0.1, 0.15) is 61.5 Å². The van der Waals surface area contributed by atoms with Crippen LogP contribution in [0.5, 0.6) is 0 Å². The largest absolute Gasteiger partial charge is 0.306 e. The lowest BCUT2D eigenvalue weighted by molar-refractivity contribution is 0.516. The minimum atomic E-state index is 0.394. The second-order valence-corrected chi connectivity index (χ2v) is 6.12. The number of hydrogen-bond acceptors (Lipinski definition) is 2. The van der Waals surface area contributed by atoms with E-state index in [9.17, 15) is 0 Å². The zero-order valence-corrected chi connectivity index (χ0v) is 13.9. The average Bonchev–Trinajstić information content (AvgIpc) is 2.83. The van der Waals surface area contributed by atoms with Crippen LogP contribution in [0.4, 0.5) is 0 Å². The predicted octanol–water partition coefficient (Wildman–Crippen LogP) is 4.09. The van der Waals surface area contributed by atoms with Crippen molar-refractivity contribution in [2.75, 3.05) is 0 Å². The summed E-state index contributed by atoms with van der Waals surface area (Å²) in [4.78, 5) is 0. The van der Waals surface area contributed by atoms with E-state index in [0.29, 0.717) is 12.0 Å². The summed E-state index contributed by atoms with van der Waals surface area (Å²) in [5, 5.41) is 8.25. The van der Waals surface area contributed by atoms with Gasteiger partial charge in [0, 0.05) is 31.4 Å². The van der Waals surface area contributed by atoms with Gasteiger partial charge in [0.25, 0.3) is 0 Å². The number of aromatic nitrogens is 2. The summed E-state index contributed by atoms with van der Waals surface area (Å²) in [6.07, 6.45) is 3.21. The van der Waals surface area contributed by atoms with E-state index in [2.05, 4.69) is 68.6 Å². The quantitative estimate of drug-likeness (QED) is 0.866. The first kappa shape index (κ1) is 15.8. The molecule has 1 aromatic heterocycles. The van der Waals surface area contributed by atoms with Crippen molar-refractivity contribution in [3.8, 4) is 0 Å². The summed E-state index contributed by atoms with van der Waals surface area (Å²) in [5.74, 6) is 0.461. The van der Waals surface area contributed by atoms with Gasteiger partial charge < -0.3 is 5.32 Å². The molecule has 0 bridgehead atoms. The third-order valence-corrected chi connectivity index (χ3v) is 3.91. The fourth-order valence-corrected chi connectivity index (χ4v) is 2.71. The third-order valence-electron chi connectivity index (χ3n) is 3.91. The van der Waals surface area contributed by atoms with Crippen molar-refractivity contribution in [2.24, 2.45) is 7.05 Å². The highest BCUT2D eigenvalue weighted by Gasteiger charge is 2.14. The van der Waals surface area contributed by atoms with Gasteiger partial charge >= 0.3 is 0 Å². The number of nitrogens with zero attached hydrogens (tertiary/aromatic N) is 2. The van der Waals surface area contributed by atoms with Crippen LogP contribution in [0.2, 0.25) is 0 Å². The zero-order chi connectivity index (χ0) is 15.4. The first-order valence-electron chi connectivity index (χ1n) is 7.83. The lowest BCUT2D eigenvalue weighted by atomic mass is 10.0. The Balaban J connectivity index is 2.08.